The standard InChI is InChI=1S/C17H19N3OS/c1-11-7-14(13-3-6-22-10-13)8-15-16(11)21-17(19-15)20-5-4-18-9-12(20)2/h3,6-8,10,12,18H,4-5,9H2,1-2H3/t12-/m0/s1. The number of nitrogens with one attached hydrogen (secondary N) is 1. The van der Waals surface area contributed by atoms with Crippen molar-refractivity contribution >= 4 is 28.5 Å². The maximum atomic E-state index is 6.07. The Balaban J connectivity index is 1.78. The van der Waals surface area contributed by atoms with Gasteiger partial charge in [-0.1, -0.05) is 0 Å². The molecule has 114 valence electrons. The Kier molecular flexibility index (Phi) is 3.39. The summed E-state index contributed by atoms with van der Waals surface area (Å²) in [6, 6.07) is 7.60. The van der Waals surface area contributed by atoms with Crippen molar-refractivity contribution in [3.63, 3.8) is 0 Å². The molecule has 1 atom stereocenters. The molecule has 0 saturated carbocycles. The van der Waals surface area contributed by atoms with Gasteiger partial charge in [-0.3, -0.25) is 0 Å². The Morgan fingerprint density at radius 3 is 3.05 bits per heavy atom. The van der Waals surface area contributed by atoms with E-state index >= 15 is 0 Å². The van der Waals surface area contributed by atoms with Crippen molar-refractivity contribution in [3.05, 3.63) is 34.5 Å². The number of oxazole rings is 1. The predicted molar refractivity (Wildman–Crippen MR) is 91.7 cm³/mol. The molecule has 4 rings (SSSR count). The number of piperazine rings is 1. The number of aromatic nitrogens is 1. The first kappa shape index (κ1) is 13.8. The van der Waals surface area contributed by atoms with E-state index in [9.17, 15) is 0 Å². The SMILES string of the molecule is Cc1cc(-c2ccsc2)cc2nc(N3CCNC[C@@H]3C)oc12. The monoisotopic (exact) mass is 313 g/mol. The van der Waals surface area contributed by atoms with E-state index in [1.165, 1.54) is 11.1 Å². The number of aryl methyl sites for hydroxylation is 1. The number of benzene rings is 1. The first-order valence-electron chi connectivity index (χ1n) is 7.63. The van der Waals surface area contributed by atoms with Gasteiger partial charge in [-0.05, 0) is 59.5 Å². The van der Waals surface area contributed by atoms with E-state index in [1.54, 1.807) is 11.3 Å². The lowest BCUT2D eigenvalue weighted by Crippen LogP contribution is -2.50. The Hall–Kier alpha value is -1.85. The quantitative estimate of drug-likeness (QED) is 0.784. The Morgan fingerprint density at radius 2 is 2.27 bits per heavy atom. The van der Waals surface area contributed by atoms with Crippen LogP contribution in [0, 0.1) is 6.92 Å². The molecule has 3 heterocycles. The van der Waals surface area contributed by atoms with E-state index in [1.807, 2.05) is 0 Å². The molecule has 0 unspecified atom stereocenters. The lowest BCUT2D eigenvalue weighted by Gasteiger charge is -2.32. The van der Waals surface area contributed by atoms with Crippen molar-refractivity contribution in [2.45, 2.75) is 19.9 Å². The van der Waals surface area contributed by atoms with Gasteiger partial charge in [0.1, 0.15) is 5.52 Å². The van der Waals surface area contributed by atoms with Gasteiger partial charge >= 0.3 is 0 Å². The fourth-order valence-corrected chi connectivity index (χ4v) is 3.70. The van der Waals surface area contributed by atoms with Gasteiger partial charge in [0, 0.05) is 25.7 Å². The van der Waals surface area contributed by atoms with Gasteiger partial charge in [0.25, 0.3) is 6.01 Å². The molecule has 1 N–H and O–H groups in total. The smallest absolute Gasteiger partial charge is 0.298 e. The molecule has 22 heavy (non-hydrogen) atoms. The summed E-state index contributed by atoms with van der Waals surface area (Å²) in [5.74, 6) is 0. The molecule has 3 aromatic rings. The highest BCUT2D eigenvalue weighted by Gasteiger charge is 2.23. The van der Waals surface area contributed by atoms with E-state index in [0.717, 1.165) is 42.3 Å². The highest BCUT2D eigenvalue weighted by molar-refractivity contribution is 7.08. The van der Waals surface area contributed by atoms with Crippen LogP contribution in [0.15, 0.2) is 33.4 Å². The molecule has 1 aliphatic rings. The first-order valence-corrected chi connectivity index (χ1v) is 8.58. The lowest BCUT2D eigenvalue weighted by atomic mass is 10.1. The molecule has 1 aliphatic heterocycles. The zero-order valence-electron chi connectivity index (χ0n) is 12.8. The molecule has 1 saturated heterocycles. The molecule has 0 aliphatic carbocycles. The topological polar surface area (TPSA) is 41.3 Å². The minimum atomic E-state index is 0.401. The van der Waals surface area contributed by atoms with Crippen molar-refractivity contribution in [2.75, 3.05) is 24.5 Å². The van der Waals surface area contributed by atoms with E-state index in [-0.39, 0.29) is 0 Å². The largest absolute Gasteiger partial charge is 0.423 e. The molecule has 4 nitrogen and oxygen atoms in total. The second kappa shape index (κ2) is 5.41. The maximum Gasteiger partial charge on any atom is 0.298 e. The second-order valence-electron chi connectivity index (χ2n) is 5.90. The van der Waals surface area contributed by atoms with Crippen LogP contribution >= 0.6 is 11.3 Å². The van der Waals surface area contributed by atoms with Gasteiger partial charge in [-0.2, -0.15) is 16.3 Å². The third kappa shape index (κ3) is 2.30. The van der Waals surface area contributed by atoms with Crippen molar-refractivity contribution in [2.24, 2.45) is 0 Å². The van der Waals surface area contributed by atoms with Crippen molar-refractivity contribution in [1.29, 1.82) is 0 Å². The van der Waals surface area contributed by atoms with Crippen LogP contribution < -0.4 is 10.2 Å². The van der Waals surface area contributed by atoms with Gasteiger partial charge in [0.2, 0.25) is 0 Å². The Bertz CT molecular complexity index is 794. The predicted octanol–water partition coefficient (Wildman–Crippen LogP) is 3.66. The van der Waals surface area contributed by atoms with Crippen molar-refractivity contribution in [3.8, 4) is 11.1 Å². The fourth-order valence-electron chi connectivity index (χ4n) is 3.03. The molecular weight excluding hydrogens is 294 g/mol. The third-order valence-electron chi connectivity index (χ3n) is 4.27. The van der Waals surface area contributed by atoms with Crippen molar-refractivity contribution < 1.29 is 4.42 Å². The number of thiophene rings is 1. The number of nitrogens with zero attached hydrogens (tertiary/aromatic N) is 2. The number of anilines is 1. The van der Waals surface area contributed by atoms with Gasteiger partial charge in [0.05, 0.1) is 0 Å². The van der Waals surface area contributed by atoms with Gasteiger partial charge in [-0.15, -0.1) is 0 Å². The minimum Gasteiger partial charge on any atom is -0.423 e. The van der Waals surface area contributed by atoms with Crippen LogP contribution in [0.1, 0.15) is 12.5 Å². The number of rotatable bonds is 2. The highest BCUT2D eigenvalue weighted by Crippen LogP contribution is 2.31. The maximum absolute atomic E-state index is 6.07. The average Bonchev–Trinajstić information content (AvgIpc) is 3.17. The molecular formula is C17H19N3OS. The van der Waals surface area contributed by atoms with Crippen LogP contribution in [0.25, 0.3) is 22.2 Å². The van der Waals surface area contributed by atoms with Crippen LogP contribution in [0.2, 0.25) is 0 Å². The number of hydrogen-bond acceptors (Lipinski definition) is 5. The van der Waals surface area contributed by atoms with Crippen molar-refractivity contribution in [1.82, 2.24) is 10.3 Å². The molecule has 1 fully saturated rings. The summed E-state index contributed by atoms with van der Waals surface area (Å²) in [6.45, 7) is 7.17. The van der Waals surface area contributed by atoms with Crippen LogP contribution in [-0.2, 0) is 0 Å². The first-order chi connectivity index (χ1) is 10.7. The second-order valence-corrected chi connectivity index (χ2v) is 6.68. The number of hydrogen-bond donors (Lipinski definition) is 1. The van der Waals surface area contributed by atoms with Gasteiger partial charge < -0.3 is 14.6 Å². The van der Waals surface area contributed by atoms with Gasteiger partial charge in [-0.25, -0.2) is 0 Å². The van der Waals surface area contributed by atoms with Crippen LogP contribution in [0.4, 0.5) is 6.01 Å². The molecule has 0 spiro atoms. The van der Waals surface area contributed by atoms with E-state index in [0.29, 0.717) is 6.04 Å². The summed E-state index contributed by atoms with van der Waals surface area (Å²) in [7, 11) is 0. The summed E-state index contributed by atoms with van der Waals surface area (Å²) in [4.78, 5) is 7.00. The molecule has 0 radical (unpaired) electrons. The zero-order valence-corrected chi connectivity index (χ0v) is 13.6. The Labute approximate surface area is 133 Å². The molecule has 0 amide bonds. The summed E-state index contributed by atoms with van der Waals surface area (Å²) in [5.41, 5.74) is 5.44. The minimum absolute atomic E-state index is 0.401. The van der Waals surface area contributed by atoms with Crippen LogP contribution in [0.5, 0.6) is 0 Å². The molecule has 5 heteroatoms. The summed E-state index contributed by atoms with van der Waals surface area (Å²) in [6.07, 6.45) is 0. The van der Waals surface area contributed by atoms with E-state index in [2.05, 4.69) is 53.0 Å². The average molecular weight is 313 g/mol. The molecule has 1 aromatic carbocycles. The third-order valence-corrected chi connectivity index (χ3v) is 4.95. The van der Waals surface area contributed by atoms with E-state index in [4.69, 9.17) is 9.40 Å². The highest BCUT2D eigenvalue weighted by atomic mass is 32.1. The fraction of sp³-hybridized carbons (Fsp3) is 0.353. The Morgan fingerprint density at radius 1 is 1.36 bits per heavy atom. The zero-order chi connectivity index (χ0) is 15.1. The van der Waals surface area contributed by atoms with E-state index < -0.39 is 0 Å². The van der Waals surface area contributed by atoms with Crippen LogP contribution in [-0.4, -0.2) is 30.7 Å². The molecule has 2 aromatic heterocycles. The van der Waals surface area contributed by atoms with Gasteiger partial charge in [0.15, 0.2) is 5.58 Å². The van der Waals surface area contributed by atoms with Crippen LogP contribution in [0.3, 0.4) is 0 Å². The normalized spacial score (nSPS) is 19.0. The summed E-state index contributed by atoms with van der Waals surface area (Å²) in [5, 5.41) is 7.67. The molecule has 0 bridgehead atoms. The lowest BCUT2D eigenvalue weighted by molar-refractivity contribution is 0.456. The summed E-state index contributed by atoms with van der Waals surface area (Å²) < 4.78 is 6.07. The number of fused-ring (bicyclic) bond motifs is 1. The summed E-state index contributed by atoms with van der Waals surface area (Å²) >= 11 is 1.71.